The normalized spacial score (nSPS) is 13.2. The van der Waals surface area contributed by atoms with Crippen molar-refractivity contribution in [2.75, 3.05) is 19.0 Å². The lowest BCUT2D eigenvalue weighted by Gasteiger charge is -2.25. The van der Waals surface area contributed by atoms with Crippen LogP contribution in [0.4, 0.5) is 11.4 Å². The molecule has 2 aromatic heterocycles. The van der Waals surface area contributed by atoms with E-state index in [0.717, 1.165) is 90.7 Å². The summed E-state index contributed by atoms with van der Waals surface area (Å²) in [4.78, 5) is 2.32. The Hall–Kier alpha value is -7.82. The molecule has 9 rings (SSSR count). The number of para-hydroxylation sites is 3. The second-order valence-electron chi connectivity index (χ2n) is 15.8. The van der Waals surface area contributed by atoms with Gasteiger partial charge in [0.05, 0.1) is 27.9 Å². The monoisotopic (exact) mass is 816 g/mol. The molecule has 63 heavy (non-hydrogen) atoms. The fraction of sp³-hybridized carbons (Fsp3) is 0.0847. The SMILES string of the molecule is C=c1/c(=C\C=C/C)n(-c2ccccc2/C(=C/C(=C\Cc2ccccc2)c2ccccc2)NC)c2cc(N(C)c3ccccc3)c(-c3cc4c(n3-c3ccccc3)CC=CC=C4)cc12. The maximum Gasteiger partial charge on any atom is 0.0562 e. The van der Waals surface area contributed by atoms with Gasteiger partial charge in [-0.1, -0.05) is 164 Å². The third kappa shape index (κ3) is 8.19. The molecule has 0 fully saturated rings. The van der Waals surface area contributed by atoms with Gasteiger partial charge in [0.1, 0.15) is 0 Å². The van der Waals surface area contributed by atoms with E-state index in [2.05, 4.69) is 252 Å². The zero-order valence-corrected chi connectivity index (χ0v) is 36.2. The third-order valence-electron chi connectivity index (χ3n) is 12.0. The number of rotatable bonds is 12. The van der Waals surface area contributed by atoms with Crippen molar-refractivity contribution in [1.82, 2.24) is 14.5 Å². The summed E-state index contributed by atoms with van der Waals surface area (Å²) in [5, 5.41) is 6.71. The van der Waals surface area contributed by atoms with Crippen LogP contribution in [-0.4, -0.2) is 23.2 Å². The van der Waals surface area contributed by atoms with Gasteiger partial charge in [-0.25, -0.2) is 0 Å². The van der Waals surface area contributed by atoms with E-state index in [1.54, 1.807) is 0 Å². The average Bonchev–Trinajstić information content (AvgIpc) is 3.73. The van der Waals surface area contributed by atoms with Gasteiger partial charge in [0.2, 0.25) is 0 Å². The Morgan fingerprint density at radius 3 is 2.17 bits per heavy atom. The highest BCUT2D eigenvalue weighted by Crippen LogP contribution is 2.41. The molecule has 0 atom stereocenters. The van der Waals surface area contributed by atoms with Crippen LogP contribution in [0.5, 0.6) is 0 Å². The molecule has 0 aliphatic heterocycles. The first-order valence-electron chi connectivity index (χ1n) is 21.8. The molecule has 0 radical (unpaired) electrons. The smallest absolute Gasteiger partial charge is 0.0562 e. The topological polar surface area (TPSA) is 25.1 Å². The Kier molecular flexibility index (Phi) is 11.9. The standard InChI is InChI=1S/C59H52N4/c1-5-6-34-54-43(2)51-41-52(58-40-47-28-16-9-21-35-55(47)62(58)49-31-19-11-20-32-49)57(61(4)48-29-17-10-18-30-48)42-59(51)63(54)56-36-23-22-33-50(56)53(60-3)39-46(45-26-14-8-15-27-45)38-37-44-24-12-7-13-25-44/h5-34,36,38-42,60H,2,35,37H2,1,3-4H3/b6-5-,46-38+,53-39-,54-34+. The molecule has 0 bridgehead atoms. The highest BCUT2D eigenvalue weighted by Gasteiger charge is 2.24. The molecule has 0 spiro atoms. The van der Waals surface area contributed by atoms with Crippen LogP contribution in [0.15, 0.2) is 206 Å². The van der Waals surface area contributed by atoms with E-state index in [1.807, 2.05) is 7.05 Å². The fourth-order valence-corrected chi connectivity index (χ4v) is 8.78. The van der Waals surface area contributed by atoms with Crippen LogP contribution >= 0.6 is 0 Å². The predicted molar refractivity (Wildman–Crippen MR) is 270 cm³/mol. The quantitative estimate of drug-likeness (QED) is 0.124. The zero-order valence-electron chi connectivity index (χ0n) is 36.2. The van der Waals surface area contributed by atoms with Crippen molar-refractivity contribution in [3.63, 3.8) is 0 Å². The summed E-state index contributed by atoms with van der Waals surface area (Å²) in [5.41, 5.74) is 15.9. The summed E-state index contributed by atoms with van der Waals surface area (Å²) in [6.07, 6.45) is 21.4. The second kappa shape index (κ2) is 18.4. The summed E-state index contributed by atoms with van der Waals surface area (Å²) in [6, 6.07) is 58.5. The number of fused-ring (bicyclic) bond motifs is 2. The van der Waals surface area contributed by atoms with Crippen LogP contribution in [-0.2, 0) is 12.8 Å². The highest BCUT2D eigenvalue weighted by atomic mass is 15.1. The lowest BCUT2D eigenvalue weighted by Crippen LogP contribution is -2.27. The first-order chi connectivity index (χ1) is 31.0. The van der Waals surface area contributed by atoms with E-state index >= 15 is 0 Å². The number of hydrogen-bond donors (Lipinski definition) is 1. The summed E-state index contributed by atoms with van der Waals surface area (Å²) in [5.74, 6) is 0. The predicted octanol–water partition coefficient (Wildman–Crippen LogP) is 12.6. The number of nitrogens with zero attached hydrogens (tertiary/aromatic N) is 3. The summed E-state index contributed by atoms with van der Waals surface area (Å²) >= 11 is 0. The molecule has 0 unspecified atom stereocenters. The van der Waals surface area contributed by atoms with E-state index in [9.17, 15) is 0 Å². The Bertz CT molecular complexity index is 3160. The van der Waals surface area contributed by atoms with Crippen molar-refractivity contribution in [3.8, 4) is 22.6 Å². The number of allylic oxidation sites excluding steroid dienone is 8. The minimum atomic E-state index is 0.819. The van der Waals surface area contributed by atoms with Gasteiger partial charge in [-0.3, -0.25) is 0 Å². The van der Waals surface area contributed by atoms with Crippen LogP contribution in [0.1, 0.15) is 34.9 Å². The van der Waals surface area contributed by atoms with E-state index in [4.69, 9.17) is 6.58 Å². The highest BCUT2D eigenvalue weighted by molar-refractivity contribution is 5.97. The number of benzene rings is 6. The maximum atomic E-state index is 4.84. The van der Waals surface area contributed by atoms with Crippen molar-refractivity contribution < 1.29 is 0 Å². The van der Waals surface area contributed by atoms with Crippen LogP contribution in [0.2, 0.25) is 0 Å². The minimum absolute atomic E-state index is 0.819. The van der Waals surface area contributed by atoms with E-state index in [1.165, 1.54) is 16.8 Å². The molecule has 2 heterocycles. The lowest BCUT2D eigenvalue weighted by atomic mass is 9.99. The molecule has 1 aliphatic rings. The number of aromatic nitrogens is 2. The Labute approximate surface area is 371 Å². The van der Waals surface area contributed by atoms with Crippen molar-refractivity contribution in [2.45, 2.75) is 19.8 Å². The summed E-state index contributed by atoms with van der Waals surface area (Å²) in [7, 11) is 4.20. The Morgan fingerprint density at radius 2 is 1.44 bits per heavy atom. The minimum Gasteiger partial charge on any atom is -0.388 e. The van der Waals surface area contributed by atoms with Gasteiger partial charge in [0, 0.05) is 65.0 Å². The van der Waals surface area contributed by atoms with Crippen LogP contribution < -0.4 is 20.8 Å². The fourth-order valence-electron chi connectivity index (χ4n) is 8.78. The molecule has 1 N–H and O–H groups in total. The Morgan fingerprint density at radius 1 is 0.762 bits per heavy atom. The molecule has 0 saturated heterocycles. The molecule has 4 nitrogen and oxygen atoms in total. The molecule has 1 aliphatic carbocycles. The van der Waals surface area contributed by atoms with Gasteiger partial charge in [-0.2, -0.15) is 0 Å². The van der Waals surface area contributed by atoms with Gasteiger partial charge in [0.25, 0.3) is 0 Å². The van der Waals surface area contributed by atoms with Gasteiger partial charge in [-0.05, 0) is 96.3 Å². The third-order valence-corrected chi connectivity index (χ3v) is 12.0. The van der Waals surface area contributed by atoms with Crippen molar-refractivity contribution in [1.29, 1.82) is 0 Å². The average molecular weight is 817 g/mol. The van der Waals surface area contributed by atoms with E-state index in [0.29, 0.717) is 0 Å². The van der Waals surface area contributed by atoms with Crippen LogP contribution in [0.3, 0.4) is 0 Å². The maximum absolute atomic E-state index is 4.84. The molecule has 6 aromatic carbocycles. The van der Waals surface area contributed by atoms with Crippen LogP contribution in [0.25, 0.3) is 63.5 Å². The van der Waals surface area contributed by atoms with Gasteiger partial charge < -0.3 is 19.4 Å². The van der Waals surface area contributed by atoms with E-state index < -0.39 is 0 Å². The van der Waals surface area contributed by atoms with Crippen LogP contribution in [0, 0.1) is 0 Å². The zero-order chi connectivity index (χ0) is 43.1. The summed E-state index contributed by atoms with van der Waals surface area (Å²) < 4.78 is 4.85. The van der Waals surface area contributed by atoms with Crippen molar-refractivity contribution >= 4 is 52.3 Å². The van der Waals surface area contributed by atoms with Crippen molar-refractivity contribution in [3.05, 3.63) is 245 Å². The van der Waals surface area contributed by atoms with Crippen molar-refractivity contribution in [2.24, 2.45) is 0 Å². The molecule has 0 amide bonds. The number of nitrogens with one attached hydrogen (secondary N) is 1. The second-order valence-corrected chi connectivity index (χ2v) is 15.8. The largest absolute Gasteiger partial charge is 0.388 e. The first-order valence-corrected chi connectivity index (χ1v) is 21.8. The Balaban J connectivity index is 1.31. The molecule has 4 heteroatoms. The number of anilines is 2. The molecule has 308 valence electrons. The lowest BCUT2D eigenvalue weighted by molar-refractivity contribution is 0.978. The van der Waals surface area contributed by atoms with Gasteiger partial charge in [0.15, 0.2) is 0 Å². The molecule has 8 aromatic rings. The van der Waals surface area contributed by atoms with Gasteiger partial charge >= 0.3 is 0 Å². The first kappa shape index (κ1) is 40.6. The van der Waals surface area contributed by atoms with E-state index in [-0.39, 0.29) is 0 Å². The molecule has 0 saturated carbocycles. The number of hydrogen-bond acceptors (Lipinski definition) is 2. The molecular formula is C59H52N4. The summed E-state index contributed by atoms with van der Waals surface area (Å²) in [6.45, 7) is 6.90. The van der Waals surface area contributed by atoms with Gasteiger partial charge in [-0.15, -0.1) is 0 Å². The molecular weight excluding hydrogens is 765 g/mol.